The normalized spacial score (nSPS) is 14.5. The van der Waals surface area contributed by atoms with Gasteiger partial charge in [-0.25, -0.2) is 13.1 Å². The topological polar surface area (TPSA) is 66.5 Å². The zero-order chi connectivity index (χ0) is 14.9. The average Bonchev–Trinajstić information content (AvgIpc) is 3.08. The summed E-state index contributed by atoms with van der Waals surface area (Å²) in [4.78, 5) is 13.6. The highest BCUT2D eigenvalue weighted by Crippen LogP contribution is 2.27. The number of nitrogens with one attached hydrogen (secondary N) is 1. The summed E-state index contributed by atoms with van der Waals surface area (Å²) >= 11 is 1.17. The van der Waals surface area contributed by atoms with Crippen molar-refractivity contribution in [2.75, 3.05) is 18.0 Å². The number of hydrogen-bond donors (Lipinski definition) is 1. The molecule has 1 aromatic carbocycles. The van der Waals surface area contributed by atoms with E-state index in [1.165, 1.54) is 11.3 Å². The maximum atomic E-state index is 12.0. The van der Waals surface area contributed by atoms with Gasteiger partial charge in [0, 0.05) is 18.8 Å². The minimum Gasteiger partial charge on any atom is -0.311 e. The second-order valence-electron chi connectivity index (χ2n) is 4.68. The van der Waals surface area contributed by atoms with Crippen LogP contribution in [0.25, 0.3) is 0 Å². The lowest BCUT2D eigenvalue weighted by Gasteiger charge is -2.17. The summed E-state index contributed by atoms with van der Waals surface area (Å²) in [6.45, 7) is 0.529. The first-order valence-corrected chi connectivity index (χ1v) is 8.86. The number of benzene rings is 1. The molecule has 0 saturated carbocycles. The van der Waals surface area contributed by atoms with Crippen LogP contribution in [-0.2, 0) is 21.2 Å². The van der Waals surface area contributed by atoms with Gasteiger partial charge in [0.15, 0.2) is 0 Å². The molecule has 1 aromatic heterocycles. The summed E-state index contributed by atoms with van der Waals surface area (Å²) in [5.41, 5.74) is 1.86. The fourth-order valence-corrected chi connectivity index (χ4v) is 4.40. The van der Waals surface area contributed by atoms with Crippen LogP contribution in [-0.4, -0.2) is 27.4 Å². The van der Waals surface area contributed by atoms with E-state index in [1.807, 2.05) is 24.3 Å². The van der Waals surface area contributed by atoms with Crippen molar-refractivity contribution in [3.8, 4) is 0 Å². The first-order chi connectivity index (χ1) is 10.1. The van der Waals surface area contributed by atoms with Crippen molar-refractivity contribution in [3.63, 3.8) is 0 Å². The number of sulfonamides is 1. The standard InChI is InChI=1S/C14H14N2O3S2/c17-13-10-11-4-1-2-5-12(11)16(13)8-7-15-21(18,19)14-6-3-9-20-14/h1-6,9,15H,7-8,10H2. The van der Waals surface area contributed by atoms with Gasteiger partial charge in [0.1, 0.15) is 4.21 Å². The van der Waals surface area contributed by atoms with Crippen molar-refractivity contribution in [2.24, 2.45) is 0 Å². The SMILES string of the molecule is O=C1Cc2ccccc2N1CCNS(=O)(=O)c1cccs1. The summed E-state index contributed by atoms with van der Waals surface area (Å²) in [6.07, 6.45) is 0.383. The number of anilines is 1. The van der Waals surface area contributed by atoms with E-state index in [0.717, 1.165) is 11.3 Å². The van der Waals surface area contributed by atoms with E-state index in [9.17, 15) is 13.2 Å². The van der Waals surface area contributed by atoms with Gasteiger partial charge in [-0.1, -0.05) is 24.3 Å². The molecule has 2 heterocycles. The molecule has 1 aliphatic heterocycles. The van der Waals surface area contributed by atoms with E-state index in [1.54, 1.807) is 22.4 Å². The highest BCUT2D eigenvalue weighted by molar-refractivity contribution is 7.91. The molecule has 3 rings (SSSR count). The monoisotopic (exact) mass is 322 g/mol. The largest absolute Gasteiger partial charge is 0.311 e. The number of carbonyl (C=O) groups excluding carboxylic acids is 1. The molecule has 0 saturated heterocycles. The Hall–Kier alpha value is -1.70. The van der Waals surface area contributed by atoms with Crippen LogP contribution >= 0.6 is 11.3 Å². The van der Waals surface area contributed by atoms with Crippen molar-refractivity contribution in [3.05, 3.63) is 47.3 Å². The Kier molecular flexibility index (Phi) is 3.79. The molecule has 0 aliphatic carbocycles. The van der Waals surface area contributed by atoms with E-state index in [-0.39, 0.29) is 16.7 Å². The van der Waals surface area contributed by atoms with Crippen molar-refractivity contribution in [2.45, 2.75) is 10.6 Å². The molecule has 5 nitrogen and oxygen atoms in total. The lowest BCUT2D eigenvalue weighted by molar-refractivity contribution is -0.117. The summed E-state index contributed by atoms with van der Waals surface area (Å²) < 4.78 is 26.8. The molecule has 2 aromatic rings. The molecule has 0 atom stereocenters. The van der Waals surface area contributed by atoms with Crippen LogP contribution in [0.15, 0.2) is 46.0 Å². The molecular formula is C14H14N2O3S2. The molecule has 0 fully saturated rings. The number of fused-ring (bicyclic) bond motifs is 1. The van der Waals surface area contributed by atoms with E-state index in [2.05, 4.69) is 4.72 Å². The van der Waals surface area contributed by atoms with Gasteiger partial charge in [0.05, 0.1) is 6.42 Å². The number of nitrogens with zero attached hydrogens (tertiary/aromatic N) is 1. The number of rotatable bonds is 5. The van der Waals surface area contributed by atoms with Crippen LogP contribution in [0.4, 0.5) is 5.69 Å². The Morgan fingerprint density at radius 2 is 2.00 bits per heavy atom. The summed E-state index contributed by atoms with van der Waals surface area (Å²) in [6, 6.07) is 10.8. The van der Waals surface area contributed by atoms with E-state index >= 15 is 0 Å². The minimum atomic E-state index is -3.47. The molecule has 0 spiro atoms. The molecule has 0 bridgehead atoms. The van der Waals surface area contributed by atoms with Crippen LogP contribution in [0.2, 0.25) is 0 Å². The second kappa shape index (κ2) is 5.59. The van der Waals surface area contributed by atoms with Gasteiger partial charge in [-0.05, 0) is 23.1 Å². The predicted octanol–water partition coefficient (Wildman–Crippen LogP) is 1.62. The summed E-state index contributed by atoms with van der Waals surface area (Å²) in [5.74, 6) is 0.00604. The molecule has 21 heavy (non-hydrogen) atoms. The van der Waals surface area contributed by atoms with E-state index < -0.39 is 10.0 Å². The van der Waals surface area contributed by atoms with Crippen molar-refractivity contribution >= 4 is 33.0 Å². The highest BCUT2D eigenvalue weighted by Gasteiger charge is 2.26. The van der Waals surface area contributed by atoms with Gasteiger partial charge in [-0.15, -0.1) is 11.3 Å². The average molecular weight is 322 g/mol. The maximum Gasteiger partial charge on any atom is 0.250 e. The first kappa shape index (κ1) is 14.2. The molecule has 7 heteroatoms. The molecule has 1 N–H and O–H groups in total. The molecule has 0 unspecified atom stereocenters. The maximum absolute atomic E-state index is 12.0. The van der Waals surface area contributed by atoms with Crippen molar-refractivity contribution < 1.29 is 13.2 Å². The quantitative estimate of drug-likeness (QED) is 0.909. The number of amides is 1. The number of para-hydroxylation sites is 1. The molecular weight excluding hydrogens is 308 g/mol. The van der Waals surface area contributed by atoms with Crippen molar-refractivity contribution in [1.82, 2.24) is 4.72 Å². The van der Waals surface area contributed by atoms with Crippen LogP contribution < -0.4 is 9.62 Å². The Labute approximate surface area is 127 Å². The van der Waals surface area contributed by atoms with Crippen LogP contribution in [0.5, 0.6) is 0 Å². The minimum absolute atomic E-state index is 0.00604. The summed E-state index contributed by atoms with van der Waals surface area (Å²) in [7, 11) is -3.47. The molecule has 110 valence electrons. The number of hydrogen-bond acceptors (Lipinski definition) is 4. The smallest absolute Gasteiger partial charge is 0.250 e. The third-order valence-corrected chi connectivity index (χ3v) is 6.17. The number of carbonyl (C=O) groups is 1. The Bertz CT molecular complexity index is 754. The lowest BCUT2D eigenvalue weighted by atomic mass is 10.2. The van der Waals surface area contributed by atoms with Gasteiger partial charge >= 0.3 is 0 Å². The Balaban J connectivity index is 1.65. The van der Waals surface area contributed by atoms with Gasteiger partial charge in [-0.3, -0.25) is 4.79 Å². The fraction of sp³-hybridized carbons (Fsp3) is 0.214. The van der Waals surface area contributed by atoms with Gasteiger partial charge in [0.2, 0.25) is 15.9 Å². The molecule has 1 amide bonds. The Morgan fingerprint density at radius 1 is 1.19 bits per heavy atom. The lowest BCUT2D eigenvalue weighted by Crippen LogP contribution is -2.36. The van der Waals surface area contributed by atoms with E-state index in [0.29, 0.717) is 13.0 Å². The zero-order valence-electron chi connectivity index (χ0n) is 11.2. The third-order valence-electron chi connectivity index (χ3n) is 3.31. The van der Waals surface area contributed by atoms with Crippen LogP contribution in [0, 0.1) is 0 Å². The van der Waals surface area contributed by atoms with E-state index in [4.69, 9.17) is 0 Å². The fourth-order valence-electron chi connectivity index (χ4n) is 2.34. The predicted molar refractivity (Wildman–Crippen MR) is 82.0 cm³/mol. The third kappa shape index (κ3) is 2.85. The zero-order valence-corrected chi connectivity index (χ0v) is 12.8. The van der Waals surface area contributed by atoms with Gasteiger partial charge in [-0.2, -0.15) is 0 Å². The second-order valence-corrected chi connectivity index (χ2v) is 7.62. The van der Waals surface area contributed by atoms with Gasteiger partial charge in [0.25, 0.3) is 0 Å². The van der Waals surface area contributed by atoms with Crippen molar-refractivity contribution in [1.29, 1.82) is 0 Å². The highest BCUT2D eigenvalue weighted by atomic mass is 32.2. The number of thiophene rings is 1. The Morgan fingerprint density at radius 3 is 2.76 bits per heavy atom. The molecule has 0 radical (unpaired) electrons. The first-order valence-electron chi connectivity index (χ1n) is 6.49. The van der Waals surface area contributed by atoms with Crippen LogP contribution in [0.3, 0.4) is 0 Å². The van der Waals surface area contributed by atoms with Gasteiger partial charge < -0.3 is 4.90 Å². The molecule has 1 aliphatic rings. The van der Waals surface area contributed by atoms with Crippen LogP contribution in [0.1, 0.15) is 5.56 Å². The summed E-state index contributed by atoms with van der Waals surface area (Å²) in [5, 5.41) is 1.72.